The van der Waals surface area contributed by atoms with E-state index in [9.17, 15) is 9.59 Å². The molecule has 0 unspecified atom stereocenters. The Labute approximate surface area is 149 Å². The number of carbonyl (C=O) groups excluding carboxylic acids is 2. The molecule has 0 heterocycles. The molecule has 2 rings (SSSR count). The second-order valence-electron chi connectivity index (χ2n) is 5.73. The molecule has 2 amide bonds. The number of rotatable bonds is 9. The maximum Gasteiger partial charge on any atom is 0.254 e. The van der Waals surface area contributed by atoms with E-state index in [1.807, 2.05) is 48.5 Å². The van der Waals surface area contributed by atoms with Crippen molar-refractivity contribution in [2.24, 2.45) is 0 Å². The SMILES string of the molecule is C=CCN(CCCCNC(=O)c1ccccc1)C(=O)c1ccccc1. The van der Waals surface area contributed by atoms with Crippen LogP contribution in [-0.4, -0.2) is 36.3 Å². The smallest absolute Gasteiger partial charge is 0.254 e. The van der Waals surface area contributed by atoms with E-state index in [2.05, 4.69) is 11.9 Å². The van der Waals surface area contributed by atoms with Crippen molar-refractivity contribution in [3.05, 3.63) is 84.4 Å². The summed E-state index contributed by atoms with van der Waals surface area (Å²) in [6, 6.07) is 18.4. The van der Waals surface area contributed by atoms with Gasteiger partial charge in [0.15, 0.2) is 0 Å². The normalized spacial score (nSPS) is 10.1. The van der Waals surface area contributed by atoms with Crippen molar-refractivity contribution in [3.63, 3.8) is 0 Å². The van der Waals surface area contributed by atoms with Gasteiger partial charge in [0.05, 0.1) is 0 Å². The van der Waals surface area contributed by atoms with E-state index < -0.39 is 0 Å². The van der Waals surface area contributed by atoms with E-state index in [4.69, 9.17) is 0 Å². The standard InChI is InChI=1S/C21H24N2O2/c1-2-16-23(21(25)19-13-7-4-8-14-19)17-10-9-15-22-20(24)18-11-5-3-6-12-18/h2-8,11-14H,1,9-10,15-17H2,(H,22,24). The van der Waals surface area contributed by atoms with Gasteiger partial charge in [0.1, 0.15) is 0 Å². The van der Waals surface area contributed by atoms with Crippen LogP contribution in [0.4, 0.5) is 0 Å². The van der Waals surface area contributed by atoms with Crippen molar-refractivity contribution in [3.8, 4) is 0 Å². The Hall–Kier alpha value is -2.88. The third kappa shape index (κ3) is 5.92. The zero-order chi connectivity index (χ0) is 17.9. The van der Waals surface area contributed by atoms with Crippen molar-refractivity contribution in [1.82, 2.24) is 10.2 Å². The molecule has 130 valence electrons. The minimum Gasteiger partial charge on any atom is -0.352 e. The predicted octanol–water partition coefficient (Wildman–Crippen LogP) is 3.53. The summed E-state index contributed by atoms with van der Waals surface area (Å²) in [4.78, 5) is 26.2. The first-order valence-electron chi connectivity index (χ1n) is 8.51. The lowest BCUT2D eigenvalue weighted by atomic mass is 10.2. The van der Waals surface area contributed by atoms with Gasteiger partial charge in [-0.3, -0.25) is 9.59 Å². The zero-order valence-corrected chi connectivity index (χ0v) is 14.4. The van der Waals surface area contributed by atoms with Crippen LogP contribution in [0.3, 0.4) is 0 Å². The summed E-state index contributed by atoms with van der Waals surface area (Å²) in [7, 11) is 0. The van der Waals surface area contributed by atoms with Crippen LogP contribution in [0.2, 0.25) is 0 Å². The monoisotopic (exact) mass is 336 g/mol. The van der Waals surface area contributed by atoms with Crippen molar-refractivity contribution >= 4 is 11.8 Å². The summed E-state index contributed by atoms with van der Waals surface area (Å²) >= 11 is 0. The fraction of sp³-hybridized carbons (Fsp3) is 0.238. The summed E-state index contributed by atoms with van der Waals surface area (Å²) in [6.45, 7) is 5.48. The minimum absolute atomic E-state index is 0.00817. The Morgan fingerprint density at radius 1 is 0.920 bits per heavy atom. The first-order valence-corrected chi connectivity index (χ1v) is 8.51. The van der Waals surface area contributed by atoms with E-state index in [-0.39, 0.29) is 11.8 Å². The molecule has 0 bridgehead atoms. The van der Waals surface area contributed by atoms with E-state index in [1.54, 1.807) is 23.1 Å². The van der Waals surface area contributed by atoms with Crippen LogP contribution in [0.1, 0.15) is 33.6 Å². The van der Waals surface area contributed by atoms with Gasteiger partial charge in [0.2, 0.25) is 0 Å². The van der Waals surface area contributed by atoms with Gasteiger partial charge in [-0.15, -0.1) is 6.58 Å². The number of amides is 2. The average Bonchev–Trinajstić information content (AvgIpc) is 2.67. The Morgan fingerprint density at radius 2 is 1.52 bits per heavy atom. The van der Waals surface area contributed by atoms with Crippen LogP contribution in [0, 0.1) is 0 Å². The number of nitrogens with zero attached hydrogens (tertiary/aromatic N) is 1. The molecule has 25 heavy (non-hydrogen) atoms. The molecule has 1 N–H and O–H groups in total. The Bertz CT molecular complexity index is 684. The average molecular weight is 336 g/mol. The molecule has 0 saturated carbocycles. The van der Waals surface area contributed by atoms with Gasteiger partial charge >= 0.3 is 0 Å². The van der Waals surface area contributed by atoms with Crippen molar-refractivity contribution in [1.29, 1.82) is 0 Å². The molecule has 2 aromatic carbocycles. The molecule has 0 radical (unpaired) electrons. The summed E-state index contributed by atoms with van der Waals surface area (Å²) in [6.07, 6.45) is 3.37. The lowest BCUT2D eigenvalue weighted by Crippen LogP contribution is -2.32. The molecule has 0 aliphatic heterocycles. The molecule has 0 spiro atoms. The van der Waals surface area contributed by atoms with Gasteiger partial charge in [-0.2, -0.15) is 0 Å². The number of carbonyl (C=O) groups is 2. The lowest BCUT2D eigenvalue weighted by molar-refractivity contribution is 0.0769. The molecular weight excluding hydrogens is 312 g/mol. The minimum atomic E-state index is -0.0658. The maximum absolute atomic E-state index is 12.5. The van der Waals surface area contributed by atoms with Crippen LogP contribution in [0.25, 0.3) is 0 Å². The van der Waals surface area contributed by atoms with Gasteiger partial charge in [-0.25, -0.2) is 0 Å². The van der Waals surface area contributed by atoms with E-state index in [0.29, 0.717) is 30.8 Å². The predicted molar refractivity (Wildman–Crippen MR) is 101 cm³/mol. The van der Waals surface area contributed by atoms with E-state index in [1.165, 1.54) is 0 Å². The van der Waals surface area contributed by atoms with Crippen molar-refractivity contribution in [2.45, 2.75) is 12.8 Å². The molecule has 0 saturated heterocycles. The number of benzene rings is 2. The van der Waals surface area contributed by atoms with Crippen LogP contribution in [0.5, 0.6) is 0 Å². The Balaban J connectivity index is 1.75. The molecule has 0 aromatic heterocycles. The third-order valence-electron chi connectivity index (χ3n) is 3.83. The second kappa shape index (κ2) is 10.1. The molecule has 2 aromatic rings. The summed E-state index contributed by atoms with van der Waals surface area (Å²) in [5.74, 6) is -0.0577. The van der Waals surface area contributed by atoms with Crippen LogP contribution in [-0.2, 0) is 0 Å². The van der Waals surface area contributed by atoms with Crippen molar-refractivity contribution < 1.29 is 9.59 Å². The highest BCUT2D eigenvalue weighted by atomic mass is 16.2. The fourth-order valence-electron chi connectivity index (χ4n) is 2.52. The van der Waals surface area contributed by atoms with Gasteiger partial charge in [0.25, 0.3) is 11.8 Å². The molecule has 0 aliphatic rings. The number of hydrogen-bond donors (Lipinski definition) is 1. The highest BCUT2D eigenvalue weighted by Gasteiger charge is 2.13. The van der Waals surface area contributed by atoms with Crippen LogP contribution >= 0.6 is 0 Å². The van der Waals surface area contributed by atoms with E-state index >= 15 is 0 Å². The highest BCUT2D eigenvalue weighted by Crippen LogP contribution is 2.06. The van der Waals surface area contributed by atoms with Gasteiger partial charge in [-0.05, 0) is 37.1 Å². The Morgan fingerprint density at radius 3 is 2.12 bits per heavy atom. The Kier molecular flexibility index (Phi) is 7.44. The maximum atomic E-state index is 12.5. The number of unbranched alkanes of at least 4 members (excludes halogenated alkanes) is 1. The first-order chi connectivity index (χ1) is 12.2. The summed E-state index contributed by atoms with van der Waals surface area (Å²) in [5, 5.41) is 2.90. The number of nitrogens with one attached hydrogen (secondary N) is 1. The highest BCUT2D eigenvalue weighted by molar-refractivity contribution is 5.94. The quantitative estimate of drug-likeness (QED) is 0.562. The summed E-state index contributed by atoms with van der Waals surface area (Å²) < 4.78 is 0. The van der Waals surface area contributed by atoms with E-state index in [0.717, 1.165) is 12.8 Å². The fourth-order valence-corrected chi connectivity index (χ4v) is 2.52. The molecule has 4 heteroatoms. The molecule has 0 aliphatic carbocycles. The zero-order valence-electron chi connectivity index (χ0n) is 14.4. The largest absolute Gasteiger partial charge is 0.352 e. The first kappa shape index (κ1) is 18.5. The van der Waals surface area contributed by atoms with Crippen LogP contribution in [0.15, 0.2) is 73.3 Å². The second-order valence-corrected chi connectivity index (χ2v) is 5.73. The molecule has 4 nitrogen and oxygen atoms in total. The van der Waals surface area contributed by atoms with Gasteiger partial charge in [-0.1, -0.05) is 42.5 Å². The van der Waals surface area contributed by atoms with Crippen LogP contribution < -0.4 is 5.32 Å². The number of hydrogen-bond acceptors (Lipinski definition) is 2. The third-order valence-corrected chi connectivity index (χ3v) is 3.83. The summed E-state index contributed by atoms with van der Waals surface area (Å²) in [5.41, 5.74) is 1.34. The molecule has 0 fully saturated rings. The van der Waals surface area contributed by atoms with Gasteiger partial charge < -0.3 is 10.2 Å². The molecule has 0 atom stereocenters. The molecular formula is C21H24N2O2. The van der Waals surface area contributed by atoms with Gasteiger partial charge in [0, 0.05) is 30.8 Å². The lowest BCUT2D eigenvalue weighted by Gasteiger charge is -2.21. The van der Waals surface area contributed by atoms with Crippen molar-refractivity contribution in [2.75, 3.05) is 19.6 Å². The topological polar surface area (TPSA) is 49.4 Å².